The Hall–Kier alpha value is -2.77. The number of nitrogens with one attached hydrogen (secondary N) is 2. The molecule has 2 aromatic heterocycles. The number of carbonyl (C=O) groups is 2. The van der Waals surface area contributed by atoms with E-state index in [1.807, 2.05) is 18.2 Å². The molecule has 0 bridgehead atoms. The van der Waals surface area contributed by atoms with E-state index in [1.54, 1.807) is 38.2 Å². The Labute approximate surface area is 165 Å². The van der Waals surface area contributed by atoms with Gasteiger partial charge in [0.1, 0.15) is 9.88 Å². The first-order chi connectivity index (χ1) is 13.0. The third-order valence-electron chi connectivity index (χ3n) is 3.71. The summed E-state index contributed by atoms with van der Waals surface area (Å²) in [6.07, 6.45) is 2.04. The standard InChI is InChI=1S/C19H17ClN4O2S/c1-3-16(25)23-12-7-8-13(20)15(10-12)24-18(26)17-11(2)22-19(27-17)14-6-4-5-9-21-14/h4-10H,3H2,1-2H3,(H,23,25)(H,24,26). The summed E-state index contributed by atoms with van der Waals surface area (Å²) in [6.45, 7) is 3.54. The summed E-state index contributed by atoms with van der Waals surface area (Å²) in [5.74, 6) is -0.430. The van der Waals surface area contributed by atoms with Gasteiger partial charge in [-0.05, 0) is 37.3 Å². The molecule has 6 nitrogen and oxygen atoms in total. The predicted molar refractivity (Wildman–Crippen MR) is 108 cm³/mol. The smallest absolute Gasteiger partial charge is 0.267 e. The van der Waals surface area contributed by atoms with Crippen molar-refractivity contribution in [1.29, 1.82) is 0 Å². The molecule has 0 spiro atoms. The molecular formula is C19H17ClN4O2S. The second kappa shape index (κ2) is 8.28. The number of hydrogen-bond acceptors (Lipinski definition) is 5. The maximum Gasteiger partial charge on any atom is 0.267 e. The molecule has 0 fully saturated rings. The normalized spacial score (nSPS) is 10.5. The van der Waals surface area contributed by atoms with Crippen LogP contribution in [0.15, 0.2) is 42.6 Å². The van der Waals surface area contributed by atoms with Crippen LogP contribution in [0.4, 0.5) is 11.4 Å². The van der Waals surface area contributed by atoms with Gasteiger partial charge in [0, 0.05) is 18.3 Å². The predicted octanol–water partition coefficient (Wildman–Crippen LogP) is 4.77. The summed E-state index contributed by atoms with van der Waals surface area (Å²) in [4.78, 5) is 33.5. The molecule has 3 aromatic rings. The van der Waals surface area contributed by atoms with Gasteiger partial charge in [-0.3, -0.25) is 14.6 Å². The number of aryl methyl sites for hydroxylation is 1. The van der Waals surface area contributed by atoms with Crippen molar-refractivity contribution in [2.24, 2.45) is 0 Å². The summed E-state index contributed by atoms with van der Waals surface area (Å²) in [6, 6.07) is 10.5. The molecule has 8 heteroatoms. The van der Waals surface area contributed by atoms with Crippen molar-refractivity contribution in [3.63, 3.8) is 0 Å². The van der Waals surface area contributed by atoms with Crippen molar-refractivity contribution in [2.45, 2.75) is 20.3 Å². The van der Waals surface area contributed by atoms with Gasteiger partial charge in [-0.1, -0.05) is 24.6 Å². The van der Waals surface area contributed by atoms with E-state index in [4.69, 9.17) is 11.6 Å². The molecule has 2 heterocycles. The van der Waals surface area contributed by atoms with Gasteiger partial charge in [-0.15, -0.1) is 11.3 Å². The van der Waals surface area contributed by atoms with Crippen LogP contribution < -0.4 is 10.6 Å². The molecule has 0 aliphatic carbocycles. The Morgan fingerprint density at radius 3 is 2.70 bits per heavy atom. The highest BCUT2D eigenvalue weighted by Gasteiger charge is 2.18. The van der Waals surface area contributed by atoms with Crippen LogP contribution in [-0.2, 0) is 4.79 Å². The first kappa shape index (κ1) is 19.0. The minimum atomic E-state index is -0.312. The summed E-state index contributed by atoms with van der Waals surface area (Å²) in [5, 5.41) is 6.59. The number of nitrogens with zero attached hydrogens (tertiary/aromatic N) is 2. The number of carbonyl (C=O) groups excluding carboxylic acids is 2. The molecule has 0 saturated heterocycles. The fraction of sp³-hybridized carbons (Fsp3) is 0.158. The van der Waals surface area contributed by atoms with E-state index in [0.29, 0.717) is 44.1 Å². The van der Waals surface area contributed by atoms with Gasteiger partial charge in [0.2, 0.25) is 5.91 Å². The molecule has 0 aliphatic rings. The average molecular weight is 401 g/mol. The van der Waals surface area contributed by atoms with Gasteiger partial charge in [-0.2, -0.15) is 0 Å². The van der Waals surface area contributed by atoms with Crippen molar-refractivity contribution < 1.29 is 9.59 Å². The highest BCUT2D eigenvalue weighted by atomic mass is 35.5. The highest BCUT2D eigenvalue weighted by Crippen LogP contribution is 2.30. The van der Waals surface area contributed by atoms with Crippen molar-refractivity contribution in [3.8, 4) is 10.7 Å². The van der Waals surface area contributed by atoms with E-state index in [1.165, 1.54) is 11.3 Å². The molecule has 1 aromatic carbocycles. The van der Waals surface area contributed by atoms with E-state index >= 15 is 0 Å². The molecule has 138 valence electrons. The van der Waals surface area contributed by atoms with Crippen molar-refractivity contribution in [2.75, 3.05) is 10.6 Å². The lowest BCUT2D eigenvalue weighted by Gasteiger charge is -2.10. The average Bonchev–Trinajstić information content (AvgIpc) is 3.07. The number of aromatic nitrogens is 2. The zero-order chi connectivity index (χ0) is 19.4. The lowest BCUT2D eigenvalue weighted by molar-refractivity contribution is -0.115. The quantitative estimate of drug-likeness (QED) is 0.646. The SMILES string of the molecule is CCC(=O)Nc1ccc(Cl)c(NC(=O)c2sc(-c3ccccn3)nc2C)c1. The second-order valence-electron chi connectivity index (χ2n) is 5.70. The minimum absolute atomic E-state index is 0.118. The molecule has 27 heavy (non-hydrogen) atoms. The third kappa shape index (κ3) is 4.50. The molecular weight excluding hydrogens is 384 g/mol. The van der Waals surface area contributed by atoms with Crippen LogP contribution in [0.3, 0.4) is 0 Å². The van der Waals surface area contributed by atoms with Gasteiger partial charge in [0.15, 0.2) is 0 Å². The third-order valence-corrected chi connectivity index (χ3v) is 5.21. The Balaban J connectivity index is 1.83. The van der Waals surface area contributed by atoms with E-state index in [0.717, 1.165) is 0 Å². The lowest BCUT2D eigenvalue weighted by atomic mass is 10.2. The van der Waals surface area contributed by atoms with Gasteiger partial charge in [0.05, 0.1) is 22.1 Å². The van der Waals surface area contributed by atoms with Crippen LogP contribution in [0.25, 0.3) is 10.7 Å². The van der Waals surface area contributed by atoms with Crippen molar-refractivity contribution in [1.82, 2.24) is 9.97 Å². The topological polar surface area (TPSA) is 84.0 Å². The van der Waals surface area contributed by atoms with E-state index in [2.05, 4.69) is 20.6 Å². The van der Waals surface area contributed by atoms with Crippen LogP contribution in [0, 0.1) is 6.92 Å². The van der Waals surface area contributed by atoms with Crippen LogP contribution in [0.5, 0.6) is 0 Å². The Morgan fingerprint density at radius 2 is 2.00 bits per heavy atom. The van der Waals surface area contributed by atoms with Gasteiger partial charge in [-0.25, -0.2) is 4.98 Å². The number of amides is 2. The minimum Gasteiger partial charge on any atom is -0.326 e. The molecule has 0 saturated carbocycles. The molecule has 2 N–H and O–H groups in total. The number of hydrogen-bond donors (Lipinski definition) is 2. The Kier molecular flexibility index (Phi) is 5.83. The lowest BCUT2D eigenvalue weighted by Crippen LogP contribution is -2.13. The summed E-state index contributed by atoms with van der Waals surface area (Å²) in [5.41, 5.74) is 2.32. The van der Waals surface area contributed by atoms with Gasteiger partial charge >= 0.3 is 0 Å². The van der Waals surface area contributed by atoms with Crippen molar-refractivity contribution in [3.05, 3.63) is 58.2 Å². The summed E-state index contributed by atoms with van der Waals surface area (Å²) < 4.78 is 0. The number of pyridine rings is 1. The van der Waals surface area contributed by atoms with Gasteiger partial charge in [0.25, 0.3) is 5.91 Å². The van der Waals surface area contributed by atoms with E-state index in [-0.39, 0.29) is 11.8 Å². The first-order valence-corrected chi connectivity index (χ1v) is 9.47. The number of rotatable bonds is 5. The first-order valence-electron chi connectivity index (χ1n) is 8.27. The second-order valence-corrected chi connectivity index (χ2v) is 7.11. The maximum absolute atomic E-state index is 12.7. The van der Waals surface area contributed by atoms with E-state index < -0.39 is 0 Å². The van der Waals surface area contributed by atoms with Crippen molar-refractivity contribution >= 4 is 46.1 Å². The van der Waals surface area contributed by atoms with Crippen LogP contribution in [0.1, 0.15) is 28.7 Å². The Bertz CT molecular complexity index is 989. The number of halogens is 1. The van der Waals surface area contributed by atoms with E-state index in [9.17, 15) is 9.59 Å². The molecule has 0 radical (unpaired) electrons. The summed E-state index contributed by atoms with van der Waals surface area (Å²) >= 11 is 7.46. The largest absolute Gasteiger partial charge is 0.326 e. The number of thiazole rings is 1. The van der Waals surface area contributed by atoms with Gasteiger partial charge < -0.3 is 10.6 Å². The zero-order valence-corrected chi connectivity index (χ0v) is 16.3. The number of anilines is 2. The maximum atomic E-state index is 12.7. The van der Waals surface area contributed by atoms with Crippen LogP contribution in [0.2, 0.25) is 5.02 Å². The molecule has 0 unspecified atom stereocenters. The Morgan fingerprint density at radius 1 is 1.19 bits per heavy atom. The van der Waals surface area contributed by atoms with Crippen LogP contribution >= 0.6 is 22.9 Å². The fourth-order valence-corrected chi connectivity index (χ4v) is 3.44. The highest BCUT2D eigenvalue weighted by molar-refractivity contribution is 7.17. The molecule has 3 rings (SSSR count). The fourth-order valence-electron chi connectivity index (χ4n) is 2.33. The molecule has 2 amide bonds. The molecule has 0 aliphatic heterocycles. The zero-order valence-electron chi connectivity index (χ0n) is 14.7. The number of benzene rings is 1. The monoisotopic (exact) mass is 400 g/mol. The molecule has 0 atom stereocenters. The van der Waals surface area contributed by atoms with Crippen LogP contribution in [-0.4, -0.2) is 21.8 Å². The summed E-state index contributed by atoms with van der Waals surface area (Å²) in [7, 11) is 0.